The van der Waals surface area contributed by atoms with Crippen molar-refractivity contribution in [2.24, 2.45) is 0 Å². The minimum atomic E-state index is -0.788. The third kappa shape index (κ3) is 8.82. The number of fused-ring (bicyclic) bond motifs is 1. The second kappa shape index (κ2) is 17.3. The molecule has 0 N–H and O–H groups in total. The third-order valence-electron chi connectivity index (χ3n) is 8.85. The number of hydrogen-bond donors (Lipinski definition) is 0. The standard InChI is InChI=1S/C48H34O10/c1-30(2)23-24-35-25-37(40(57-47(52)33-19-11-5-12-20-33)28-39(35)56-46(51)32-17-9-4-10-18-32)38-29-54-41-26-36(55-45(50)31-15-7-3-8-16-31)27-42(43(41)44(38)49)58-48(53)34-21-13-6-14-22-34/h3-23,25-29H,24H2,1-2H3. The Hall–Kier alpha value is -7.85. The van der Waals surface area contributed by atoms with Crippen molar-refractivity contribution < 1.29 is 42.5 Å². The van der Waals surface area contributed by atoms with Crippen molar-refractivity contribution in [3.05, 3.63) is 202 Å². The van der Waals surface area contributed by atoms with Crippen LogP contribution in [0.3, 0.4) is 0 Å². The Labute approximate surface area is 332 Å². The first-order chi connectivity index (χ1) is 28.1. The molecule has 0 bridgehead atoms. The molecule has 1 aromatic heterocycles. The van der Waals surface area contributed by atoms with Gasteiger partial charge in [0, 0.05) is 23.8 Å². The topological polar surface area (TPSA) is 135 Å². The molecule has 1 heterocycles. The van der Waals surface area contributed by atoms with Crippen molar-refractivity contribution in [2.45, 2.75) is 20.3 Å². The van der Waals surface area contributed by atoms with Gasteiger partial charge in [-0.3, -0.25) is 4.79 Å². The Morgan fingerprint density at radius 3 is 1.45 bits per heavy atom. The van der Waals surface area contributed by atoms with Crippen LogP contribution in [0.4, 0.5) is 0 Å². The van der Waals surface area contributed by atoms with Crippen LogP contribution in [-0.2, 0) is 6.42 Å². The summed E-state index contributed by atoms with van der Waals surface area (Å²) in [4.78, 5) is 68.1. The van der Waals surface area contributed by atoms with E-state index in [0.29, 0.717) is 11.1 Å². The van der Waals surface area contributed by atoms with E-state index in [9.17, 15) is 24.0 Å². The number of allylic oxidation sites excluding steroid dienone is 2. The van der Waals surface area contributed by atoms with Crippen molar-refractivity contribution in [3.63, 3.8) is 0 Å². The number of carbonyl (C=O) groups excluding carboxylic acids is 4. The Morgan fingerprint density at radius 1 is 0.517 bits per heavy atom. The second-order valence-electron chi connectivity index (χ2n) is 13.2. The number of esters is 4. The molecule has 0 aliphatic rings. The number of ether oxygens (including phenoxy) is 4. The van der Waals surface area contributed by atoms with Crippen LogP contribution in [-0.4, -0.2) is 23.9 Å². The Morgan fingerprint density at radius 2 is 0.966 bits per heavy atom. The van der Waals surface area contributed by atoms with Crippen LogP contribution in [0.25, 0.3) is 22.1 Å². The van der Waals surface area contributed by atoms with E-state index in [2.05, 4.69) is 0 Å². The van der Waals surface area contributed by atoms with Crippen LogP contribution < -0.4 is 24.4 Å². The fourth-order valence-corrected chi connectivity index (χ4v) is 5.93. The van der Waals surface area contributed by atoms with Crippen LogP contribution in [0, 0.1) is 0 Å². The summed E-state index contributed by atoms with van der Waals surface area (Å²) >= 11 is 0. The van der Waals surface area contributed by atoms with Gasteiger partial charge in [0.1, 0.15) is 40.2 Å². The smallest absolute Gasteiger partial charge is 0.343 e. The minimum absolute atomic E-state index is 0.0563. The van der Waals surface area contributed by atoms with Gasteiger partial charge in [-0.15, -0.1) is 0 Å². The first kappa shape index (κ1) is 38.4. The Balaban J connectivity index is 1.40. The quantitative estimate of drug-likeness (QED) is 0.0711. The lowest BCUT2D eigenvalue weighted by Gasteiger charge is -2.17. The van der Waals surface area contributed by atoms with E-state index in [1.54, 1.807) is 127 Å². The highest BCUT2D eigenvalue weighted by Gasteiger charge is 2.25. The predicted octanol–water partition coefficient (Wildman–Crippen LogP) is 9.85. The summed E-state index contributed by atoms with van der Waals surface area (Å²) in [6, 6.07) is 38.6. The largest absolute Gasteiger partial charge is 0.463 e. The van der Waals surface area contributed by atoms with Gasteiger partial charge in [-0.25, -0.2) is 19.2 Å². The van der Waals surface area contributed by atoms with Gasteiger partial charge >= 0.3 is 23.9 Å². The van der Waals surface area contributed by atoms with Gasteiger partial charge in [0.2, 0.25) is 5.43 Å². The van der Waals surface area contributed by atoms with Crippen molar-refractivity contribution in [1.29, 1.82) is 0 Å². The van der Waals surface area contributed by atoms with Gasteiger partial charge in [-0.1, -0.05) is 84.4 Å². The molecule has 0 spiro atoms. The highest BCUT2D eigenvalue weighted by Crippen LogP contribution is 2.39. The number of hydrogen-bond acceptors (Lipinski definition) is 10. The molecular formula is C48H34O10. The molecule has 6 aromatic carbocycles. The first-order valence-corrected chi connectivity index (χ1v) is 18.1. The van der Waals surface area contributed by atoms with E-state index < -0.39 is 29.3 Å². The molecule has 0 saturated heterocycles. The highest BCUT2D eigenvalue weighted by atomic mass is 16.6. The zero-order valence-corrected chi connectivity index (χ0v) is 31.3. The van der Waals surface area contributed by atoms with Gasteiger partial charge in [0.25, 0.3) is 0 Å². The molecule has 10 nitrogen and oxygen atoms in total. The molecule has 0 aliphatic heterocycles. The molecule has 0 atom stereocenters. The van der Waals surface area contributed by atoms with E-state index in [0.717, 1.165) is 5.57 Å². The molecule has 0 saturated carbocycles. The highest BCUT2D eigenvalue weighted by molar-refractivity contribution is 5.98. The summed E-state index contributed by atoms with van der Waals surface area (Å²) in [5, 5.41) is -0.160. The van der Waals surface area contributed by atoms with Gasteiger partial charge in [0.15, 0.2) is 0 Å². The zero-order valence-electron chi connectivity index (χ0n) is 31.3. The monoisotopic (exact) mass is 770 g/mol. The van der Waals surface area contributed by atoms with E-state index in [1.807, 2.05) is 19.9 Å². The molecule has 7 rings (SSSR count). The average molecular weight is 771 g/mol. The van der Waals surface area contributed by atoms with E-state index in [-0.39, 0.29) is 68.2 Å². The first-order valence-electron chi connectivity index (χ1n) is 18.1. The Bertz CT molecular complexity index is 2730. The van der Waals surface area contributed by atoms with Crippen LogP contribution in [0.5, 0.6) is 23.0 Å². The summed E-state index contributed by atoms with van der Waals surface area (Å²) in [7, 11) is 0. The lowest BCUT2D eigenvalue weighted by molar-refractivity contribution is 0.0714. The van der Waals surface area contributed by atoms with Gasteiger partial charge in [-0.2, -0.15) is 0 Å². The summed E-state index contributed by atoms with van der Waals surface area (Å²) < 4.78 is 29.4. The van der Waals surface area contributed by atoms with Gasteiger partial charge < -0.3 is 23.4 Å². The SMILES string of the molecule is CC(C)=CCc1cc(-c2coc3cc(OC(=O)c4ccccc4)cc(OC(=O)c4ccccc4)c3c2=O)c(OC(=O)c2ccccc2)cc1OC(=O)c1ccccc1. The summed E-state index contributed by atoms with van der Waals surface area (Å²) in [6.07, 6.45) is 3.36. The molecular weight excluding hydrogens is 737 g/mol. The normalized spacial score (nSPS) is 10.7. The maximum absolute atomic E-state index is 14.8. The molecule has 10 heteroatoms. The van der Waals surface area contributed by atoms with E-state index in [1.165, 1.54) is 24.5 Å². The molecule has 58 heavy (non-hydrogen) atoms. The van der Waals surface area contributed by atoms with E-state index >= 15 is 0 Å². The molecule has 7 aromatic rings. The van der Waals surface area contributed by atoms with Crippen molar-refractivity contribution >= 4 is 34.8 Å². The number of carbonyl (C=O) groups is 4. The lowest BCUT2D eigenvalue weighted by atomic mass is 9.98. The molecule has 0 fully saturated rings. The van der Waals surface area contributed by atoms with Gasteiger partial charge in [-0.05, 0) is 80.4 Å². The maximum atomic E-state index is 14.8. The molecule has 0 amide bonds. The fraction of sp³-hybridized carbons (Fsp3) is 0.0625. The number of benzene rings is 6. The zero-order chi connectivity index (χ0) is 40.6. The van der Waals surface area contributed by atoms with Crippen LogP contribution >= 0.6 is 0 Å². The van der Waals surface area contributed by atoms with Crippen LogP contribution in [0.15, 0.2) is 173 Å². The Kier molecular flexibility index (Phi) is 11.5. The van der Waals surface area contributed by atoms with E-state index in [4.69, 9.17) is 23.4 Å². The summed E-state index contributed by atoms with van der Waals surface area (Å²) in [5.41, 5.74) is 1.75. The fourth-order valence-electron chi connectivity index (χ4n) is 5.93. The molecule has 286 valence electrons. The second-order valence-corrected chi connectivity index (χ2v) is 13.2. The van der Waals surface area contributed by atoms with Crippen molar-refractivity contribution in [3.8, 4) is 34.1 Å². The molecule has 0 radical (unpaired) electrons. The van der Waals surface area contributed by atoms with Crippen molar-refractivity contribution in [2.75, 3.05) is 0 Å². The van der Waals surface area contributed by atoms with Gasteiger partial charge in [0.05, 0.1) is 27.8 Å². The molecule has 0 aliphatic carbocycles. The maximum Gasteiger partial charge on any atom is 0.343 e. The lowest BCUT2D eigenvalue weighted by Crippen LogP contribution is -2.15. The minimum Gasteiger partial charge on any atom is -0.463 e. The molecule has 0 unspecified atom stereocenters. The van der Waals surface area contributed by atoms with Crippen molar-refractivity contribution in [1.82, 2.24) is 0 Å². The average Bonchev–Trinajstić information content (AvgIpc) is 3.24. The van der Waals surface area contributed by atoms with Crippen LogP contribution in [0.2, 0.25) is 0 Å². The predicted molar refractivity (Wildman–Crippen MR) is 217 cm³/mol. The third-order valence-corrected chi connectivity index (χ3v) is 8.85. The summed E-state index contributed by atoms with van der Waals surface area (Å²) in [6.45, 7) is 3.82. The summed E-state index contributed by atoms with van der Waals surface area (Å²) in [5.74, 6) is -3.20. The number of rotatable bonds is 11. The van der Waals surface area contributed by atoms with Crippen LogP contribution in [0.1, 0.15) is 60.8 Å².